The third-order valence-corrected chi connectivity index (χ3v) is 5.06. The molecule has 1 aromatic rings. The van der Waals surface area contributed by atoms with E-state index in [2.05, 4.69) is 10.0 Å². The van der Waals surface area contributed by atoms with E-state index in [1.165, 1.54) is 18.2 Å². The van der Waals surface area contributed by atoms with Crippen molar-refractivity contribution in [3.63, 3.8) is 0 Å². The average Bonchev–Trinajstić information content (AvgIpc) is 3.15. The lowest BCUT2D eigenvalue weighted by molar-refractivity contribution is -0.386. The van der Waals surface area contributed by atoms with Crippen molar-refractivity contribution in [3.05, 3.63) is 28.3 Å². The van der Waals surface area contributed by atoms with Crippen LogP contribution in [0.2, 0.25) is 0 Å². The van der Waals surface area contributed by atoms with Gasteiger partial charge in [0.2, 0.25) is 10.0 Å². The molecule has 2 rings (SSSR count). The fraction of sp³-hybridized carbons (Fsp3) is 0.538. The number of sulfonamides is 1. The summed E-state index contributed by atoms with van der Waals surface area (Å²) in [5.41, 5.74) is -0.211. The van der Waals surface area contributed by atoms with Crippen LogP contribution in [-0.4, -0.2) is 26.4 Å². The van der Waals surface area contributed by atoms with Crippen LogP contribution in [0.4, 0.5) is 11.4 Å². The molecule has 1 fully saturated rings. The van der Waals surface area contributed by atoms with Gasteiger partial charge in [-0.1, -0.05) is 13.0 Å². The predicted octanol–water partition coefficient (Wildman–Crippen LogP) is 2.10. The van der Waals surface area contributed by atoms with Gasteiger partial charge in [0.1, 0.15) is 5.69 Å². The number of para-hydroxylation sites is 1. The number of benzene rings is 1. The number of rotatable bonds is 7. The number of hydrogen-bond acceptors (Lipinski definition) is 5. The summed E-state index contributed by atoms with van der Waals surface area (Å²) in [5.74, 6) is 0. The Hall–Kier alpha value is -1.67. The Balaban J connectivity index is 2.37. The maximum Gasteiger partial charge on any atom is 0.312 e. The second-order valence-corrected chi connectivity index (χ2v) is 7.31. The second-order valence-electron chi connectivity index (χ2n) is 5.57. The standard InChI is InChI=1S/C13H19N3O4S/c1-3-14-10-5-4-6-11(12(10)16(17)18)21(19,20)15-9-13(2)7-8-13/h4-6,14-15H,3,7-9H2,1-2H3. The van der Waals surface area contributed by atoms with E-state index in [1.807, 2.05) is 6.92 Å². The van der Waals surface area contributed by atoms with Crippen molar-refractivity contribution in [2.45, 2.75) is 31.6 Å². The number of anilines is 1. The topological polar surface area (TPSA) is 101 Å². The first-order valence-corrected chi connectivity index (χ1v) is 8.28. The Bertz CT molecular complexity index is 653. The summed E-state index contributed by atoms with van der Waals surface area (Å²) in [6, 6.07) is 4.26. The summed E-state index contributed by atoms with van der Waals surface area (Å²) < 4.78 is 27.2. The predicted molar refractivity (Wildman–Crippen MR) is 79.8 cm³/mol. The zero-order valence-electron chi connectivity index (χ0n) is 12.0. The normalized spacial score (nSPS) is 16.5. The Morgan fingerprint density at radius 3 is 2.57 bits per heavy atom. The molecular weight excluding hydrogens is 294 g/mol. The van der Waals surface area contributed by atoms with Crippen LogP contribution in [0.15, 0.2) is 23.1 Å². The van der Waals surface area contributed by atoms with Gasteiger partial charge in [-0.25, -0.2) is 13.1 Å². The lowest BCUT2D eigenvalue weighted by Gasteiger charge is -2.12. The molecule has 0 unspecified atom stereocenters. The third kappa shape index (κ3) is 3.51. The highest BCUT2D eigenvalue weighted by Crippen LogP contribution is 2.44. The van der Waals surface area contributed by atoms with Gasteiger partial charge in [0, 0.05) is 13.1 Å². The van der Waals surface area contributed by atoms with Crippen LogP contribution in [0.3, 0.4) is 0 Å². The Morgan fingerprint density at radius 2 is 2.05 bits per heavy atom. The average molecular weight is 313 g/mol. The van der Waals surface area contributed by atoms with Gasteiger partial charge in [0.25, 0.3) is 0 Å². The van der Waals surface area contributed by atoms with Crippen molar-refractivity contribution < 1.29 is 13.3 Å². The van der Waals surface area contributed by atoms with E-state index in [4.69, 9.17) is 0 Å². The molecule has 0 spiro atoms. The number of nitrogens with zero attached hydrogens (tertiary/aromatic N) is 1. The molecule has 1 aliphatic rings. The Kier molecular flexibility index (Phi) is 4.20. The molecule has 0 saturated heterocycles. The molecule has 0 radical (unpaired) electrons. The van der Waals surface area contributed by atoms with Crippen LogP contribution in [0.5, 0.6) is 0 Å². The van der Waals surface area contributed by atoms with E-state index < -0.39 is 20.6 Å². The summed E-state index contributed by atoms with van der Waals surface area (Å²) in [6.45, 7) is 4.55. The van der Waals surface area contributed by atoms with Gasteiger partial charge < -0.3 is 5.32 Å². The summed E-state index contributed by atoms with van der Waals surface area (Å²) in [7, 11) is -3.90. The molecule has 2 N–H and O–H groups in total. The maximum absolute atomic E-state index is 12.3. The van der Waals surface area contributed by atoms with Crippen molar-refractivity contribution in [3.8, 4) is 0 Å². The SMILES string of the molecule is CCNc1cccc(S(=O)(=O)NCC2(C)CC2)c1[N+](=O)[O-]. The first-order chi connectivity index (χ1) is 9.79. The van der Waals surface area contributed by atoms with Crippen molar-refractivity contribution in [2.75, 3.05) is 18.4 Å². The van der Waals surface area contributed by atoms with Crippen molar-refractivity contribution in [1.82, 2.24) is 4.72 Å². The van der Waals surface area contributed by atoms with Crippen molar-refractivity contribution >= 4 is 21.4 Å². The Morgan fingerprint density at radius 1 is 1.38 bits per heavy atom. The van der Waals surface area contributed by atoms with E-state index in [0.717, 1.165) is 12.8 Å². The van der Waals surface area contributed by atoms with Crippen LogP contribution in [0, 0.1) is 15.5 Å². The summed E-state index contributed by atoms with van der Waals surface area (Å²) >= 11 is 0. The van der Waals surface area contributed by atoms with Gasteiger partial charge >= 0.3 is 5.69 Å². The van der Waals surface area contributed by atoms with Crippen LogP contribution in [0.1, 0.15) is 26.7 Å². The quantitative estimate of drug-likeness (QED) is 0.593. The van der Waals surface area contributed by atoms with Crippen molar-refractivity contribution in [2.24, 2.45) is 5.41 Å². The molecule has 1 saturated carbocycles. The summed E-state index contributed by atoms with van der Waals surface area (Å²) in [4.78, 5) is 10.3. The molecule has 0 heterocycles. The zero-order chi connectivity index (χ0) is 15.7. The van der Waals surface area contributed by atoms with Crippen molar-refractivity contribution in [1.29, 1.82) is 0 Å². The molecule has 7 nitrogen and oxygen atoms in total. The van der Waals surface area contributed by atoms with Gasteiger partial charge in [-0.3, -0.25) is 10.1 Å². The maximum atomic E-state index is 12.3. The Labute approximate surface area is 123 Å². The third-order valence-electron chi connectivity index (χ3n) is 3.63. The molecule has 0 amide bonds. The van der Waals surface area contributed by atoms with E-state index in [0.29, 0.717) is 13.1 Å². The largest absolute Gasteiger partial charge is 0.380 e. The number of hydrogen-bond donors (Lipinski definition) is 2. The van der Waals surface area contributed by atoms with Gasteiger partial charge in [0.05, 0.1) is 4.92 Å². The number of nitro benzene ring substituents is 1. The summed E-state index contributed by atoms with van der Waals surface area (Å²) in [5, 5.41) is 14.1. The zero-order valence-corrected chi connectivity index (χ0v) is 12.9. The van der Waals surface area contributed by atoms with Crippen LogP contribution < -0.4 is 10.0 Å². The van der Waals surface area contributed by atoms with E-state index in [9.17, 15) is 18.5 Å². The monoisotopic (exact) mass is 313 g/mol. The number of nitrogens with one attached hydrogen (secondary N) is 2. The highest BCUT2D eigenvalue weighted by Gasteiger charge is 2.39. The molecule has 0 atom stereocenters. The van der Waals surface area contributed by atoms with E-state index in [-0.39, 0.29) is 16.0 Å². The second kappa shape index (κ2) is 5.61. The molecule has 1 aromatic carbocycles. The minimum absolute atomic E-state index is 0.0128. The molecule has 0 aliphatic heterocycles. The molecule has 1 aliphatic carbocycles. The fourth-order valence-corrected chi connectivity index (χ4v) is 3.39. The summed E-state index contributed by atoms with van der Waals surface area (Å²) in [6.07, 6.45) is 1.93. The fourth-order valence-electron chi connectivity index (χ4n) is 2.00. The minimum atomic E-state index is -3.90. The van der Waals surface area contributed by atoms with Gasteiger partial charge in [-0.15, -0.1) is 0 Å². The highest BCUT2D eigenvalue weighted by atomic mass is 32.2. The molecule has 0 bridgehead atoms. The van der Waals surface area contributed by atoms with Gasteiger partial charge in [0.15, 0.2) is 4.90 Å². The lowest BCUT2D eigenvalue weighted by atomic mass is 10.2. The molecule has 21 heavy (non-hydrogen) atoms. The first kappa shape index (κ1) is 15.7. The lowest BCUT2D eigenvalue weighted by Crippen LogP contribution is -2.29. The molecule has 0 aromatic heterocycles. The first-order valence-electron chi connectivity index (χ1n) is 6.80. The number of nitro groups is 1. The highest BCUT2D eigenvalue weighted by molar-refractivity contribution is 7.89. The van der Waals surface area contributed by atoms with E-state index in [1.54, 1.807) is 6.92 Å². The van der Waals surface area contributed by atoms with Crippen LogP contribution in [-0.2, 0) is 10.0 Å². The minimum Gasteiger partial charge on any atom is -0.380 e. The molecular formula is C13H19N3O4S. The van der Waals surface area contributed by atoms with Crippen LogP contribution in [0.25, 0.3) is 0 Å². The van der Waals surface area contributed by atoms with Gasteiger partial charge in [-0.05, 0) is 37.3 Å². The van der Waals surface area contributed by atoms with Gasteiger partial charge in [-0.2, -0.15) is 0 Å². The van der Waals surface area contributed by atoms with Crippen LogP contribution >= 0.6 is 0 Å². The molecule has 116 valence electrons. The van der Waals surface area contributed by atoms with E-state index >= 15 is 0 Å². The molecule has 8 heteroatoms. The smallest absolute Gasteiger partial charge is 0.312 e.